The monoisotopic (exact) mass is 157 g/mol. The van der Waals surface area contributed by atoms with Crippen molar-refractivity contribution in [3.63, 3.8) is 0 Å². The number of halogens is 1. The van der Waals surface area contributed by atoms with Crippen LogP contribution in [-0.4, -0.2) is 0 Å². The summed E-state index contributed by atoms with van der Waals surface area (Å²) >= 11 is 5.68. The molecule has 0 heterocycles. The van der Waals surface area contributed by atoms with E-state index in [1.165, 1.54) is 0 Å². The Morgan fingerprint density at radius 2 is 2.20 bits per heavy atom. The highest BCUT2D eigenvalue weighted by Gasteiger charge is 1.96. The van der Waals surface area contributed by atoms with Gasteiger partial charge in [0.25, 0.3) is 0 Å². The van der Waals surface area contributed by atoms with Crippen LogP contribution < -0.4 is 10.7 Å². The van der Waals surface area contributed by atoms with E-state index in [4.69, 9.17) is 17.5 Å². The highest BCUT2D eigenvalue weighted by Crippen LogP contribution is 2.20. The van der Waals surface area contributed by atoms with Crippen LogP contribution >= 0.6 is 11.6 Å². The standard InChI is InChI=1S/C7H8ClNO/c1-5-4-6(8)2-3-7(5)10-9/h2-4H,9H2,1H3. The van der Waals surface area contributed by atoms with Crippen LogP contribution in [0.15, 0.2) is 18.2 Å². The Morgan fingerprint density at radius 3 is 2.70 bits per heavy atom. The van der Waals surface area contributed by atoms with Crippen molar-refractivity contribution in [1.82, 2.24) is 0 Å². The zero-order valence-corrected chi connectivity index (χ0v) is 6.35. The SMILES string of the molecule is Cc1cc(Cl)ccc1ON. The third-order valence-electron chi connectivity index (χ3n) is 1.26. The largest absolute Gasteiger partial charge is 0.411 e. The molecule has 0 aliphatic carbocycles. The average Bonchev–Trinajstić information content (AvgIpc) is 1.88. The number of nitrogens with two attached hydrogens (primary N) is 1. The Bertz CT molecular complexity index is 237. The fourth-order valence-electron chi connectivity index (χ4n) is 0.745. The number of rotatable bonds is 1. The van der Waals surface area contributed by atoms with E-state index < -0.39 is 0 Å². The van der Waals surface area contributed by atoms with Gasteiger partial charge >= 0.3 is 0 Å². The molecule has 1 aromatic rings. The van der Waals surface area contributed by atoms with E-state index in [1.807, 2.05) is 6.92 Å². The van der Waals surface area contributed by atoms with Crippen LogP contribution in [0.2, 0.25) is 5.02 Å². The van der Waals surface area contributed by atoms with Crippen molar-refractivity contribution < 1.29 is 4.84 Å². The first kappa shape index (κ1) is 7.38. The summed E-state index contributed by atoms with van der Waals surface area (Å²) < 4.78 is 0. The summed E-state index contributed by atoms with van der Waals surface area (Å²) in [6, 6.07) is 5.26. The van der Waals surface area contributed by atoms with Crippen molar-refractivity contribution in [3.8, 4) is 5.75 Å². The lowest BCUT2D eigenvalue weighted by molar-refractivity contribution is 0.332. The second-order valence-corrected chi connectivity index (χ2v) is 2.46. The molecule has 54 valence electrons. The van der Waals surface area contributed by atoms with Gasteiger partial charge in [-0.2, -0.15) is 5.90 Å². The van der Waals surface area contributed by atoms with Gasteiger partial charge in [0.1, 0.15) is 5.75 Å². The third-order valence-corrected chi connectivity index (χ3v) is 1.50. The van der Waals surface area contributed by atoms with E-state index in [0.717, 1.165) is 5.56 Å². The quantitative estimate of drug-likeness (QED) is 0.632. The van der Waals surface area contributed by atoms with Crippen molar-refractivity contribution in [1.29, 1.82) is 0 Å². The number of aryl methyl sites for hydroxylation is 1. The minimum Gasteiger partial charge on any atom is -0.411 e. The molecule has 0 spiro atoms. The van der Waals surface area contributed by atoms with Gasteiger partial charge in [0.05, 0.1) is 0 Å². The summed E-state index contributed by atoms with van der Waals surface area (Å²) in [6.07, 6.45) is 0. The zero-order valence-electron chi connectivity index (χ0n) is 5.60. The number of benzene rings is 1. The van der Waals surface area contributed by atoms with Gasteiger partial charge in [0.2, 0.25) is 0 Å². The van der Waals surface area contributed by atoms with E-state index in [1.54, 1.807) is 18.2 Å². The smallest absolute Gasteiger partial charge is 0.149 e. The second kappa shape index (κ2) is 2.90. The van der Waals surface area contributed by atoms with Crippen LogP contribution in [0.1, 0.15) is 5.56 Å². The molecule has 0 unspecified atom stereocenters. The fraction of sp³-hybridized carbons (Fsp3) is 0.143. The van der Waals surface area contributed by atoms with E-state index in [-0.39, 0.29) is 0 Å². The molecule has 0 bridgehead atoms. The molecule has 0 fully saturated rings. The predicted molar refractivity (Wildman–Crippen MR) is 41.0 cm³/mol. The minimum absolute atomic E-state index is 0.657. The van der Waals surface area contributed by atoms with E-state index in [0.29, 0.717) is 10.8 Å². The molecule has 0 saturated heterocycles. The Kier molecular flexibility index (Phi) is 2.14. The van der Waals surface area contributed by atoms with Gasteiger partial charge in [-0.25, -0.2) is 0 Å². The van der Waals surface area contributed by atoms with Crippen LogP contribution in [-0.2, 0) is 0 Å². The summed E-state index contributed by atoms with van der Waals surface area (Å²) in [6.45, 7) is 1.88. The molecular weight excluding hydrogens is 150 g/mol. The Balaban J connectivity index is 3.07. The van der Waals surface area contributed by atoms with Crippen LogP contribution in [0.4, 0.5) is 0 Å². The van der Waals surface area contributed by atoms with E-state index in [9.17, 15) is 0 Å². The van der Waals surface area contributed by atoms with Gasteiger partial charge < -0.3 is 4.84 Å². The van der Waals surface area contributed by atoms with Gasteiger partial charge in [-0.05, 0) is 30.7 Å². The summed E-state index contributed by atoms with van der Waals surface area (Å²) in [5.74, 6) is 5.61. The van der Waals surface area contributed by atoms with Crippen LogP contribution in [0.5, 0.6) is 5.75 Å². The Labute approximate surface area is 64.5 Å². The Hall–Kier alpha value is -0.730. The van der Waals surface area contributed by atoms with Gasteiger partial charge in [-0.3, -0.25) is 0 Å². The summed E-state index contributed by atoms with van der Waals surface area (Å²) in [4.78, 5) is 4.54. The molecular formula is C7H8ClNO. The normalized spacial score (nSPS) is 9.50. The predicted octanol–water partition coefficient (Wildman–Crippen LogP) is 1.90. The highest BCUT2D eigenvalue weighted by molar-refractivity contribution is 6.30. The summed E-state index contributed by atoms with van der Waals surface area (Å²) in [5, 5.41) is 0.693. The molecule has 0 aliphatic heterocycles. The van der Waals surface area contributed by atoms with Crippen molar-refractivity contribution in [2.24, 2.45) is 5.90 Å². The van der Waals surface area contributed by atoms with Crippen molar-refractivity contribution >= 4 is 11.6 Å². The molecule has 0 amide bonds. The highest BCUT2D eigenvalue weighted by atomic mass is 35.5. The molecule has 2 nitrogen and oxygen atoms in total. The van der Waals surface area contributed by atoms with E-state index in [2.05, 4.69) is 4.84 Å². The number of hydrogen-bond acceptors (Lipinski definition) is 2. The topological polar surface area (TPSA) is 35.2 Å². The molecule has 3 heteroatoms. The maximum absolute atomic E-state index is 5.68. The molecule has 1 rings (SSSR count). The maximum atomic E-state index is 5.68. The second-order valence-electron chi connectivity index (χ2n) is 2.03. The molecule has 0 aromatic heterocycles. The first-order chi connectivity index (χ1) is 4.74. The van der Waals surface area contributed by atoms with E-state index >= 15 is 0 Å². The summed E-state index contributed by atoms with van der Waals surface area (Å²) in [5.41, 5.74) is 0.940. The van der Waals surface area contributed by atoms with Gasteiger partial charge in [0.15, 0.2) is 0 Å². The first-order valence-electron chi connectivity index (χ1n) is 2.87. The fourth-order valence-corrected chi connectivity index (χ4v) is 0.972. The summed E-state index contributed by atoms with van der Waals surface area (Å²) in [7, 11) is 0. The van der Waals surface area contributed by atoms with Gasteiger partial charge in [-0.1, -0.05) is 11.6 Å². The molecule has 10 heavy (non-hydrogen) atoms. The first-order valence-corrected chi connectivity index (χ1v) is 3.24. The lowest BCUT2D eigenvalue weighted by Crippen LogP contribution is -2.02. The zero-order chi connectivity index (χ0) is 7.56. The average molecular weight is 158 g/mol. The van der Waals surface area contributed by atoms with Crippen molar-refractivity contribution in [2.75, 3.05) is 0 Å². The van der Waals surface area contributed by atoms with Gasteiger partial charge in [0, 0.05) is 5.02 Å². The lowest BCUT2D eigenvalue weighted by Gasteiger charge is -2.01. The number of hydrogen-bond donors (Lipinski definition) is 1. The Morgan fingerprint density at radius 1 is 1.50 bits per heavy atom. The lowest BCUT2D eigenvalue weighted by atomic mass is 10.2. The van der Waals surface area contributed by atoms with Crippen molar-refractivity contribution in [3.05, 3.63) is 28.8 Å². The molecule has 0 atom stereocenters. The van der Waals surface area contributed by atoms with Crippen LogP contribution in [0.25, 0.3) is 0 Å². The third kappa shape index (κ3) is 1.40. The molecule has 1 aromatic carbocycles. The molecule has 2 N–H and O–H groups in total. The van der Waals surface area contributed by atoms with Gasteiger partial charge in [-0.15, -0.1) is 0 Å². The molecule has 0 saturated carbocycles. The van der Waals surface area contributed by atoms with Crippen LogP contribution in [0.3, 0.4) is 0 Å². The minimum atomic E-state index is 0.657. The maximum Gasteiger partial charge on any atom is 0.149 e. The molecule has 0 radical (unpaired) electrons. The van der Waals surface area contributed by atoms with Crippen molar-refractivity contribution in [2.45, 2.75) is 6.92 Å². The van der Waals surface area contributed by atoms with Crippen LogP contribution in [0, 0.1) is 6.92 Å². The molecule has 0 aliphatic rings.